The molecule has 5 heteroatoms. The topological polar surface area (TPSA) is 41.5 Å². The number of hydrogen-bond acceptors (Lipinski definition) is 4. The predicted octanol–water partition coefficient (Wildman–Crippen LogP) is 2.95. The number of thioether (sulfide) groups is 1. The minimum Gasteiger partial charge on any atom is -0.389 e. The maximum Gasteiger partial charge on any atom is 0.0897 e. The highest BCUT2D eigenvalue weighted by Gasteiger charge is 2.13. The van der Waals surface area contributed by atoms with Gasteiger partial charge in [0.15, 0.2) is 0 Å². The molecule has 2 N–H and O–H groups in total. The van der Waals surface area contributed by atoms with E-state index in [0.717, 1.165) is 23.0 Å². The van der Waals surface area contributed by atoms with Crippen LogP contribution in [0.3, 0.4) is 0 Å². The Morgan fingerprint density at radius 2 is 2.00 bits per heavy atom. The molecule has 0 spiro atoms. The van der Waals surface area contributed by atoms with Gasteiger partial charge in [-0.3, -0.25) is 0 Å². The molecule has 0 aromatic heterocycles. The van der Waals surface area contributed by atoms with Gasteiger partial charge < -0.3 is 15.2 Å². The van der Waals surface area contributed by atoms with Gasteiger partial charge in [0.2, 0.25) is 0 Å². The number of benzene rings is 1. The van der Waals surface area contributed by atoms with Crippen molar-refractivity contribution >= 4 is 23.4 Å². The molecule has 1 unspecified atom stereocenters. The standard InChI is InChI=1S/C16H24ClNO2S/c17-15-3-1-14(2-4-15)11-20-12-16(19)10-18-9-13-5-7-21-8-6-13/h1-4,13,16,18-19H,5-12H2. The van der Waals surface area contributed by atoms with Crippen LogP contribution in [0.4, 0.5) is 0 Å². The first-order valence-electron chi connectivity index (χ1n) is 7.53. The summed E-state index contributed by atoms with van der Waals surface area (Å²) in [6.07, 6.45) is 2.14. The molecule has 1 heterocycles. The molecule has 3 nitrogen and oxygen atoms in total. The van der Waals surface area contributed by atoms with E-state index in [0.29, 0.717) is 19.8 Å². The molecule has 0 saturated carbocycles. The van der Waals surface area contributed by atoms with E-state index >= 15 is 0 Å². The van der Waals surface area contributed by atoms with Gasteiger partial charge in [0.25, 0.3) is 0 Å². The van der Waals surface area contributed by atoms with E-state index in [1.165, 1.54) is 24.3 Å². The lowest BCUT2D eigenvalue weighted by Crippen LogP contribution is -2.34. The zero-order valence-electron chi connectivity index (χ0n) is 12.3. The van der Waals surface area contributed by atoms with Crippen LogP contribution in [-0.4, -0.2) is 42.4 Å². The number of ether oxygens (including phenoxy) is 1. The Morgan fingerprint density at radius 1 is 1.29 bits per heavy atom. The van der Waals surface area contributed by atoms with E-state index in [1.807, 2.05) is 36.0 Å². The van der Waals surface area contributed by atoms with Gasteiger partial charge in [0, 0.05) is 11.6 Å². The molecule has 1 fully saturated rings. The largest absolute Gasteiger partial charge is 0.389 e. The molecule has 1 aliphatic heterocycles. The Balaban J connectivity index is 1.52. The van der Waals surface area contributed by atoms with Crippen LogP contribution in [-0.2, 0) is 11.3 Å². The molecule has 118 valence electrons. The Morgan fingerprint density at radius 3 is 2.71 bits per heavy atom. The smallest absolute Gasteiger partial charge is 0.0897 e. The van der Waals surface area contributed by atoms with Crippen LogP contribution in [0.1, 0.15) is 18.4 Å². The maximum atomic E-state index is 9.89. The molecule has 1 aromatic rings. The summed E-state index contributed by atoms with van der Waals surface area (Å²) in [6, 6.07) is 7.57. The molecule has 0 aliphatic carbocycles. The number of rotatable bonds is 8. The van der Waals surface area contributed by atoms with Gasteiger partial charge in [-0.05, 0) is 54.5 Å². The highest BCUT2D eigenvalue weighted by molar-refractivity contribution is 7.99. The van der Waals surface area contributed by atoms with Crippen molar-refractivity contribution < 1.29 is 9.84 Å². The second kappa shape index (κ2) is 9.70. The number of hydrogen-bond donors (Lipinski definition) is 2. The summed E-state index contributed by atoms with van der Waals surface area (Å²) in [5, 5.41) is 14.0. The van der Waals surface area contributed by atoms with Crippen molar-refractivity contribution in [3.05, 3.63) is 34.9 Å². The molecule has 1 aromatic carbocycles. The molecular formula is C16H24ClNO2S. The van der Waals surface area contributed by atoms with E-state index in [1.54, 1.807) is 0 Å². The minimum absolute atomic E-state index is 0.357. The lowest BCUT2D eigenvalue weighted by atomic mass is 10.0. The lowest BCUT2D eigenvalue weighted by Gasteiger charge is -2.22. The molecule has 2 rings (SSSR count). The molecule has 0 amide bonds. The first-order chi connectivity index (χ1) is 10.2. The zero-order chi connectivity index (χ0) is 14.9. The second-order valence-corrected chi connectivity index (χ2v) is 7.17. The van der Waals surface area contributed by atoms with Crippen molar-refractivity contribution in [1.29, 1.82) is 0 Å². The van der Waals surface area contributed by atoms with Gasteiger partial charge in [-0.25, -0.2) is 0 Å². The summed E-state index contributed by atoms with van der Waals surface area (Å²) in [5.74, 6) is 3.33. The molecule has 0 radical (unpaired) electrons. The van der Waals surface area contributed by atoms with Crippen molar-refractivity contribution in [2.45, 2.75) is 25.6 Å². The molecule has 0 bridgehead atoms. The van der Waals surface area contributed by atoms with Gasteiger partial charge in [0.1, 0.15) is 0 Å². The van der Waals surface area contributed by atoms with Crippen LogP contribution in [0.5, 0.6) is 0 Å². The van der Waals surface area contributed by atoms with Crippen molar-refractivity contribution in [3.63, 3.8) is 0 Å². The van der Waals surface area contributed by atoms with Crippen LogP contribution in [0.15, 0.2) is 24.3 Å². The molecule has 1 saturated heterocycles. The molecule has 1 atom stereocenters. The lowest BCUT2D eigenvalue weighted by molar-refractivity contribution is 0.0285. The van der Waals surface area contributed by atoms with E-state index in [-0.39, 0.29) is 0 Å². The fraction of sp³-hybridized carbons (Fsp3) is 0.625. The third-order valence-corrected chi connectivity index (χ3v) is 4.95. The molecule has 1 aliphatic rings. The van der Waals surface area contributed by atoms with Crippen LogP contribution in [0, 0.1) is 5.92 Å². The van der Waals surface area contributed by atoms with Crippen molar-refractivity contribution in [1.82, 2.24) is 5.32 Å². The first-order valence-corrected chi connectivity index (χ1v) is 9.06. The number of aliphatic hydroxyl groups excluding tert-OH is 1. The fourth-order valence-electron chi connectivity index (χ4n) is 2.36. The minimum atomic E-state index is -0.449. The van der Waals surface area contributed by atoms with Gasteiger partial charge in [0.05, 0.1) is 19.3 Å². The summed E-state index contributed by atoms with van der Waals surface area (Å²) in [7, 11) is 0. The summed E-state index contributed by atoms with van der Waals surface area (Å²) < 4.78 is 5.53. The van der Waals surface area contributed by atoms with E-state index in [4.69, 9.17) is 16.3 Å². The summed E-state index contributed by atoms with van der Waals surface area (Å²) in [6.45, 7) is 2.48. The average molecular weight is 330 g/mol. The fourth-order valence-corrected chi connectivity index (χ4v) is 3.69. The van der Waals surface area contributed by atoms with Gasteiger partial charge in [-0.2, -0.15) is 11.8 Å². The van der Waals surface area contributed by atoms with Crippen LogP contribution >= 0.6 is 23.4 Å². The SMILES string of the molecule is OC(CNCC1CCSCC1)COCc1ccc(Cl)cc1. The number of nitrogens with one attached hydrogen (secondary N) is 1. The zero-order valence-corrected chi connectivity index (χ0v) is 13.8. The van der Waals surface area contributed by atoms with Gasteiger partial charge in [-0.1, -0.05) is 23.7 Å². The van der Waals surface area contributed by atoms with Crippen LogP contribution in [0.2, 0.25) is 5.02 Å². The van der Waals surface area contributed by atoms with E-state index in [9.17, 15) is 5.11 Å². The van der Waals surface area contributed by atoms with E-state index < -0.39 is 6.10 Å². The van der Waals surface area contributed by atoms with Gasteiger partial charge in [-0.15, -0.1) is 0 Å². The third-order valence-electron chi connectivity index (χ3n) is 3.65. The van der Waals surface area contributed by atoms with Crippen LogP contribution < -0.4 is 5.32 Å². The quantitative estimate of drug-likeness (QED) is 0.769. The Bertz CT molecular complexity index is 396. The normalized spacial score (nSPS) is 17.8. The third kappa shape index (κ3) is 7.02. The Labute approximate surface area is 136 Å². The van der Waals surface area contributed by atoms with E-state index in [2.05, 4.69) is 5.32 Å². The predicted molar refractivity (Wildman–Crippen MR) is 90.0 cm³/mol. The Hall–Kier alpha value is -0.260. The average Bonchev–Trinajstić information content (AvgIpc) is 2.50. The monoisotopic (exact) mass is 329 g/mol. The van der Waals surface area contributed by atoms with Crippen molar-refractivity contribution in [2.24, 2.45) is 5.92 Å². The second-order valence-electron chi connectivity index (χ2n) is 5.51. The Kier molecular flexibility index (Phi) is 7.89. The first kappa shape index (κ1) is 17.1. The highest BCUT2D eigenvalue weighted by atomic mass is 35.5. The summed E-state index contributed by atoms with van der Waals surface area (Å²) in [5.41, 5.74) is 1.07. The molecular weight excluding hydrogens is 306 g/mol. The molecule has 21 heavy (non-hydrogen) atoms. The van der Waals surface area contributed by atoms with Crippen LogP contribution in [0.25, 0.3) is 0 Å². The summed E-state index contributed by atoms with van der Waals surface area (Å²) in [4.78, 5) is 0. The van der Waals surface area contributed by atoms with Crippen molar-refractivity contribution in [3.8, 4) is 0 Å². The summed E-state index contributed by atoms with van der Waals surface area (Å²) >= 11 is 7.87. The number of aliphatic hydroxyl groups is 1. The van der Waals surface area contributed by atoms with Gasteiger partial charge >= 0.3 is 0 Å². The maximum absolute atomic E-state index is 9.89. The number of halogens is 1. The van der Waals surface area contributed by atoms with Crippen molar-refractivity contribution in [2.75, 3.05) is 31.2 Å². The highest BCUT2D eigenvalue weighted by Crippen LogP contribution is 2.21.